The molecule has 0 bridgehead atoms. The molecule has 1 aromatic heterocycles. The van der Waals surface area contributed by atoms with Gasteiger partial charge in [0.25, 0.3) is 0 Å². The Morgan fingerprint density at radius 2 is 2.06 bits per heavy atom. The molecule has 2 aromatic rings. The van der Waals surface area contributed by atoms with Gasteiger partial charge in [-0.3, -0.25) is 0 Å². The molecule has 0 aliphatic rings. The van der Waals surface area contributed by atoms with Crippen molar-refractivity contribution in [2.45, 2.75) is 20.4 Å². The Bertz CT molecular complexity index is 536. The van der Waals surface area contributed by atoms with Crippen molar-refractivity contribution in [1.82, 2.24) is 0 Å². The number of hydrogen-bond donors (Lipinski definition) is 2. The Labute approximate surface area is 110 Å². The molecule has 0 spiro atoms. The van der Waals surface area contributed by atoms with E-state index in [9.17, 15) is 5.11 Å². The predicted molar refractivity (Wildman–Crippen MR) is 74.2 cm³/mol. The van der Waals surface area contributed by atoms with E-state index in [0.29, 0.717) is 5.02 Å². The van der Waals surface area contributed by atoms with E-state index in [-0.39, 0.29) is 5.75 Å². The van der Waals surface area contributed by atoms with Crippen LogP contribution in [0.3, 0.4) is 0 Å². The van der Waals surface area contributed by atoms with Gasteiger partial charge in [-0.25, -0.2) is 0 Å². The van der Waals surface area contributed by atoms with Crippen molar-refractivity contribution in [2.24, 2.45) is 0 Å². The Kier molecular flexibility index (Phi) is 3.60. The summed E-state index contributed by atoms with van der Waals surface area (Å²) in [6.45, 7) is 5.01. The molecule has 17 heavy (non-hydrogen) atoms. The minimum atomic E-state index is 0.111. The fourth-order valence-corrected chi connectivity index (χ4v) is 2.80. The summed E-state index contributed by atoms with van der Waals surface area (Å²) in [6, 6.07) is 7.33. The number of halogens is 1. The number of phenolic OH excluding ortho intramolecular Hbond substituents is 1. The highest BCUT2D eigenvalue weighted by atomic mass is 35.5. The fraction of sp³-hybridized carbons (Fsp3) is 0.231. The summed E-state index contributed by atoms with van der Waals surface area (Å²) in [4.78, 5) is 2.66. The fourth-order valence-electron chi connectivity index (χ4n) is 1.67. The molecular weight excluding hydrogens is 254 g/mol. The number of thiophene rings is 1. The highest BCUT2D eigenvalue weighted by Gasteiger charge is 2.03. The topological polar surface area (TPSA) is 32.3 Å². The summed E-state index contributed by atoms with van der Waals surface area (Å²) in [7, 11) is 0. The zero-order valence-electron chi connectivity index (χ0n) is 9.75. The lowest BCUT2D eigenvalue weighted by Gasteiger charge is -2.07. The smallest absolute Gasteiger partial charge is 0.134 e. The highest BCUT2D eigenvalue weighted by Crippen LogP contribution is 2.27. The molecular formula is C13H14ClNOS. The van der Waals surface area contributed by atoms with Gasteiger partial charge in [0.2, 0.25) is 0 Å². The van der Waals surface area contributed by atoms with E-state index >= 15 is 0 Å². The molecule has 0 amide bonds. The maximum Gasteiger partial charge on any atom is 0.134 e. The number of anilines is 1. The van der Waals surface area contributed by atoms with Crippen molar-refractivity contribution >= 4 is 28.6 Å². The summed E-state index contributed by atoms with van der Waals surface area (Å²) in [6.07, 6.45) is 0. The van der Waals surface area contributed by atoms with E-state index < -0.39 is 0 Å². The van der Waals surface area contributed by atoms with Gasteiger partial charge in [0.1, 0.15) is 5.75 Å². The number of hydrogen-bond acceptors (Lipinski definition) is 3. The lowest BCUT2D eigenvalue weighted by Crippen LogP contribution is -1.99. The van der Waals surface area contributed by atoms with E-state index in [1.54, 1.807) is 23.5 Å². The first-order valence-corrected chi connectivity index (χ1v) is 6.54. The van der Waals surface area contributed by atoms with Gasteiger partial charge >= 0.3 is 0 Å². The average Bonchev–Trinajstić information content (AvgIpc) is 2.59. The van der Waals surface area contributed by atoms with Crippen LogP contribution in [-0.4, -0.2) is 5.11 Å². The van der Waals surface area contributed by atoms with Crippen LogP contribution in [0.15, 0.2) is 24.3 Å². The average molecular weight is 268 g/mol. The zero-order chi connectivity index (χ0) is 12.4. The van der Waals surface area contributed by atoms with Gasteiger partial charge in [-0.15, -0.1) is 11.3 Å². The van der Waals surface area contributed by atoms with E-state index in [1.807, 2.05) is 6.07 Å². The van der Waals surface area contributed by atoms with E-state index in [4.69, 9.17) is 11.6 Å². The quantitative estimate of drug-likeness (QED) is 0.811. The molecule has 2 nitrogen and oxygen atoms in total. The molecule has 0 aliphatic carbocycles. The Morgan fingerprint density at radius 3 is 2.65 bits per heavy atom. The molecule has 1 aromatic carbocycles. The van der Waals surface area contributed by atoms with Gasteiger partial charge in [0, 0.05) is 22.0 Å². The molecule has 4 heteroatoms. The van der Waals surface area contributed by atoms with Crippen molar-refractivity contribution in [2.75, 3.05) is 5.32 Å². The number of aromatic hydroxyl groups is 1. The molecule has 0 radical (unpaired) electrons. The predicted octanol–water partition coefficient (Wildman–Crippen LogP) is 4.34. The lowest BCUT2D eigenvalue weighted by atomic mass is 10.2. The largest absolute Gasteiger partial charge is 0.506 e. The summed E-state index contributed by atoms with van der Waals surface area (Å²) in [5.74, 6) is 0.111. The Morgan fingerprint density at radius 1 is 1.29 bits per heavy atom. The molecule has 0 aliphatic heterocycles. The highest BCUT2D eigenvalue weighted by molar-refractivity contribution is 7.12. The van der Waals surface area contributed by atoms with Crippen LogP contribution in [0.1, 0.15) is 15.3 Å². The summed E-state index contributed by atoms with van der Waals surface area (Å²) >= 11 is 7.65. The van der Waals surface area contributed by atoms with Crippen LogP contribution in [0.25, 0.3) is 0 Å². The molecule has 2 N–H and O–H groups in total. The number of rotatable bonds is 3. The van der Waals surface area contributed by atoms with Crippen LogP contribution in [0.4, 0.5) is 5.69 Å². The summed E-state index contributed by atoms with van der Waals surface area (Å²) in [5.41, 5.74) is 2.22. The van der Waals surface area contributed by atoms with Crippen LogP contribution in [0.2, 0.25) is 5.02 Å². The normalized spacial score (nSPS) is 10.5. The SMILES string of the molecule is Cc1cc(CNc2ccc(O)c(Cl)c2)c(C)s1. The zero-order valence-corrected chi connectivity index (χ0v) is 11.3. The van der Waals surface area contributed by atoms with Crippen LogP contribution in [0, 0.1) is 13.8 Å². The molecule has 0 saturated heterocycles. The molecule has 0 atom stereocenters. The van der Waals surface area contributed by atoms with E-state index in [1.165, 1.54) is 15.3 Å². The van der Waals surface area contributed by atoms with Gasteiger partial charge in [0.15, 0.2) is 0 Å². The molecule has 1 heterocycles. The minimum absolute atomic E-state index is 0.111. The molecule has 90 valence electrons. The number of nitrogens with one attached hydrogen (secondary N) is 1. The van der Waals surface area contributed by atoms with E-state index in [2.05, 4.69) is 25.2 Å². The summed E-state index contributed by atoms with van der Waals surface area (Å²) < 4.78 is 0. The van der Waals surface area contributed by atoms with E-state index in [0.717, 1.165) is 12.2 Å². The van der Waals surface area contributed by atoms with Gasteiger partial charge in [-0.05, 0) is 43.7 Å². The summed E-state index contributed by atoms with van der Waals surface area (Å²) in [5, 5.41) is 13.0. The van der Waals surface area contributed by atoms with Crippen LogP contribution >= 0.6 is 22.9 Å². The second-order valence-corrected chi connectivity index (χ2v) is 5.83. The minimum Gasteiger partial charge on any atom is -0.506 e. The maximum absolute atomic E-state index is 9.32. The van der Waals surface area contributed by atoms with Gasteiger partial charge in [-0.2, -0.15) is 0 Å². The van der Waals surface area contributed by atoms with Gasteiger partial charge in [0.05, 0.1) is 5.02 Å². The first-order valence-electron chi connectivity index (χ1n) is 5.34. The van der Waals surface area contributed by atoms with Crippen molar-refractivity contribution in [3.63, 3.8) is 0 Å². The monoisotopic (exact) mass is 267 g/mol. The first-order chi connectivity index (χ1) is 8.06. The van der Waals surface area contributed by atoms with Crippen molar-refractivity contribution in [3.05, 3.63) is 44.6 Å². The molecule has 2 rings (SSSR count). The van der Waals surface area contributed by atoms with Crippen molar-refractivity contribution in [1.29, 1.82) is 0 Å². The molecule has 0 saturated carbocycles. The van der Waals surface area contributed by atoms with Gasteiger partial charge in [-0.1, -0.05) is 11.6 Å². The Hall–Kier alpha value is -1.19. The molecule has 0 fully saturated rings. The van der Waals surface area contributed by atoms with Crippen LogP contribution in [-0.2, 0) is 6.54 Å². The third-order valence-electron chi connectivity index (χ3n) is 2.57. The Balaban J connectivity index is 2.07. The maximum atomic E-state index is 9.32. The first kappa shape index (κ1) is 12.3. The standard InChI is InChI=1S/C13H14ClNOS/c1-8-5-10(9(2)17-8)7-15-11-3-4-13(16)12(14)6-11/h3-6,15-16H,7H2,1-2H3. The third kappa shape index (κ3) is 2.93. The molecule has 0 unspecified atom stereocenters. The number of benzene rings is 1. The second kappa shape index (κ2) is 4.98. The number of phenols is 1. The van der Waals surface area contributed by atoms with Crippen LogP contribution < -0.4 is 5.32 Å². The lowest BCUT2D eigenvalue weighted by molar-refractivity contribution is 0.475. The number of aryl methyl sites for hydroxylation is 2. The van der Waals surface area contributed by atoms with Crippen molar-refractivity contribution in [3.8, 4) is 5.75 Å². The van der Waals surface area contributed by atoms with Crippen molar-refractivity contribution < 1.29 is 5.11 Å². The van der Waals surface area contributed by atoms with Crippen LogP contribution in [0.5, 0.6) is 5.75 Å². The second-order valence-electron chi connectivity index (χ2n) is 3.96. The van der Waals surface area contributed by atoms with Gasteiger partial charge < -0.3 is 10.4 Å². The third-order valence-corrected chi connectivity index (χ3v) is 3.89.